The van der Waals surface area contributed by atoms with Gasteiger partial charge in [-0.15, -0.1) is 0 Å². The van der Waals surface area contributed by atoms with Crippen molar-refractivity contribution >= 4 is 0 Å². The van der Waals surface area contributed by atoms with Gasteiger partial charge in [0, 0.05) is 12.6 Å². The Morgan fingerprint density at radius 3 is 2.68 bits per heavy atom. The Morgan fingerprint density at radius 2 is 1.95 bits per heavy atom. The number of aromatic nitrogens is 1. The first-order valence-electron chi connectivity index (χ1n) is 6.61. The van der Waals surface area contributed by atoms with Crippen molar-refractivity contribution in [3.05, 3.63) is 53.2 Å². The maximum absolute atomic E-state index is 5.80. The topological polar surface area (TPSA) is 34.1 Å². The van der Waals surface area contributed by atoms with Crippen molar-refractivity contribution < 1.29 is 4.74 Å². The first-order valence-corrected chi connectivity index (χ1v) is 6.61. The second kappa shape index (κ2) is 6.34. The van der Waals surface area contributed by atoms with Crippen LogP contribution in [0.4, 0.5) is 0 Å². The lowest BCUT2D eigenvalue weighted by molar-refractivity contribution is 0.459. The zero-order chi connectivity index (χ0) is 13.7. The average molecular weight is 256 g/mol. The van der Waals surface area contributed by atoms with Gasteiger partial charge in [0.1, 0.15) is 5.75 Å². The quantitative estimate of drug-likeness (QED) is 0.887. The molecule has 100 valence electrons. The molecule has 19 heavy (non-hydrogen) atoms. The highest BCUT2D eigenvalue weighted by atomic mass is 16.5. The van der Waals surface area contributed by atoms with Crippen LogP contribution in [-0.4, -0.2) is 11.5 Å². The predicted molar refractivity (Wildman–Crippen MR) is 77.6 cm³/mol. The number of hydrogen-bond acceptors (Lipinski definition) is 3. The maximum Gasteiger partial charge on any atom is 0.219 e. The molecule has 1 aromatic heterocycles. The third kappa shape index (κ3) is 3.80. The first kappa shape index (κ1) is 13.6. The SMILES string of the molecule is CCNCc1cccc(Oc2ccc(C)c(C)c2)n1. The van der Waals surface area contributed by atoms with Crippen molar-refractivity contribution in [2.24, 2.45) is 0 Å². The van der Waals surface area contributed by atoms with E-state index >= 15 is 0 Å². The second-order valence-electron chi connectivity index (χ2n) is 4.60. The van der Waals surface area contributed by atoms with Crippen LogP contribution >= 0.6 is 0 Å². The minimum Gasteiger partial charge on any atom is -0.439 e. The van der Waals surface area contributed by atoms with E-state index in [0.717, 1.165) is 24.5 Å². The van der Waals surface area contributed by atoms with E-state index in [1.807, 2.05) is 30.3 Å². The maximum atomic E-state index is 5.80. The summed E-state index contributed by atoms with van der Waals surface area (Å²) in [6.45, 7) is 7.95. The van der Waals surface area contributed by atoms with Crippen molar-refractivity contribution in [2.45, 2.75) is 27.3 Å². The molecule has 0 radical (unpaired) electrons. The number of hydrogen-bond donors (Lipinski definition) is 1. The van der Waals surface area contributed by atoms with Crippen LogP contribution in [0.5, 0.6) is 11.6 Å². The van der Waals surface area contributed by atoms with E-state index in [2.05, 4.69) is 37.1 Å². The van der Waals surface area contributed by atoms with Crippen LogP contribution in [0.3, 0.4) is 0 Å². The Bertz CT molecular complexity index is 552. The monoisotopic (exact) mass is 256 g/mol. The molecule has 0 saturated carbocycles. The summed E-state index contributed by atoms with van der Waals surface area (Å²) < 4.78 is 5.80. The molecule has 0 unspecified atom stereocenters. The molecule has 0 atom stereocenters. The lowest BCUT2D eigenvalue weighted by atomic mass is 10.1. The van der Waals surface area contributed by atoms with Gasteiger partial charge in [0.2, 0.25) is 5.88 Å². The summed E-state index contributed by atoms with van der Waals surface area (Å²) in [5, 5.41) is 3.25. The second-order valence-corrected chi connectivity index (χ2v) is 4.60. The van der Waals surface area contributed by atoms with E-state index in [1.165, 1.54) is 11.1 Å². The summed E-state index contributed by atoms with van der Waals surface area (Å²) in [6.07, 6.45) is 0. The van der Waals surface area contributed by atoms with Crippen LogP contribution in [0.2, 0.25) is 0 Å². The lowest BCUT2D eigenvalue weighted by Gasteiger charge is -2.08. The molecule has 0 aliphatic heterocycles. The largest absolute Gasteiger partial charge is 0.439 e. The average Bonchev–Trinajstić information content (AvgIpc) is 2.41. The van der Waals surface area contributed by atoms with Gasteiger partial charge in [-0.1, -0.05) is 19.1 Å². The highest BCUT2D eigenvalue weighted by Gasteiger charge is 2.02. The molecule has 3 nitrogen and oxygen atoms in total. The van der Waals surface area contributed by atoms with Crippen LogP contribution in [-0.2, 0) is 6.54 Å². The van der Waals surface area contributed by atoms with Crippen molar-refractivity contribution in [2.75, 3.05) is 6.54 Å². The van der Waals surface area contributed by atoms with Gasteiger partial charge >= 0.3 is 0 Å². The fourth-order valence-electron chi connectivity index (χ4n) is 1.76. The number of rotatable bonds is 5. The van der Waals surface area contributed by atoms with E-state index < -0.39 is 0 Å². The van der Waals surface area contributed by atoms with Crippen molar-refractivity contribution in [1.29, 1.82) is 0 Å². The Balaban J connectivity index is 2.11. The number of pyridine rings is 1. The lowest BCUT2D eigenvalue weighted by Crippen LogP contribution is -2.12. The molecule has 2 aromatic rings. The molecule has 2 rings (SSSR count). The summed E-state index contributed by atoms with van der Waals surface area (Å²) in [4.78, 5) is 4.47. The van der Waals surface area contributed by atoms with E-state index in [4.69, 9.17) is 4.74 Å². The van der Waals surface area contributed by atoms with Crippen LogP contribution < -0.4 is 10.1 Å². The van der Waals surface area contributed by atoms with Gasteiger partial charge in [-0.25, -0.2) is 4.98 Å². The highest BCUT2D eigenvalue weighted by Crippen LogP contribution is 2.22. The molecule has 0 fully saturated rings. The normalized spacial score (nSPS) is 10.5. The van der Waals surface area contributed by atoms with Crippen molar-refractivity contribution in [1.82, 2.24) is 10.3 Å². The molecule has 0 amide bonds. The number of ether oxygens (including phenoxy) is 1. The highest BCUT2D eigenvalue weighted by molar-refractivity contribution is 5.36. The molecular formula is C16H20N2O. The van der Waals surface area contributed by atoms with E-state index in [1.54, 1.807) is 0 Å². The smallest absolute Gasteiger partial charge is 0.219 e. The van der Waals surface area contributed by atoms with Crippen LogP contribution in [0.15, 0.2) is 36.4 Å². The molecule has 0 saturated heterocycles. The van der Waals surface area contributed by atoms with Gasteiger partial charge in [0.15, 0.2) is 0 Å². The third-order valence-electron chi connectivity index (χ3n) is 3.04. The van der Waals surface area contributed by atoms with Crippen molar-refractivity contribution in [3.8, 4) is 11.6 Å². The first-order chi connectivity index (χ1) is 9.19. The van der Waals surface area contributed by atoms with Gasteiger partial charge in [-0.05, 0) is 49.7 Å². The Hall–Kier alpha value is -1.87. The fourth-order valence-corrected chi connectivity index (χ4v) is 1.76. The van der Waals surface area contributed by atoms with E-state index in [9.17, 15) is 0 Å². The summed E-state index contributed by atoms with van der Waals surface area (Å²) in [6, 6.07) is 11.9. The molecular weight excluding hydrogens is 236 g/mol. The molecule has 1 N–H and O–H groups in total. The summed E-state index contributed by atoms with van der Waals surface area (Å²) in [5.74, 6) is 1.47. The molecule has 1 aromatic carbocycles. The van der Waals surface area contributed by atoms with Gasteiger partial charge in [0.25, 0.3) is 0 Å². The van der Waals surface area contributed by atoms with Crippen LogP contribution in [0, 0.1) is 13.8 Å². The molecule has 0 spiro atoms. The molecule has 0 aliphatic carbocycles. The van der Waals surface area contributed by atoms with Crippen LogP contribution in [0.1, 0.15) is 23.7 Å². The third-order valence-corrected chi connectivity index (χ3v) is 3.04. The summed E-state index contributed by atoms with van der Waals surface area (Å²) in [7, 11) is 0. The minimum absolute atomic E-state index is 0.638. The molecule has 0 aliphatic rings. The molecule has 0 bridgehead atoms. The Morgan fingerprint density at radius 1 is 1.11 bits per heavy atom. The van der Waals surface area contributed by atoms with Gasteiger partial charge in [-0.2, -0.15) is 0 Å². The zero-order valence-electron chi connectivity index (χ0n) is 11.7. The van der Waals surface area contributed by atoms with Gasteiger partial charge in [-0.3, -0.25) is 0 Å². The number of aryl methyl sites for hydroxylation is 2. The van der Waals surface area contributed by atoms with E-state index in [0.29, 0.717) is 5.88 Å². The predicted octanol–water partition coefficient (Wildman–Crippen LogP) is 3.60. The zero-order valence-corrected chi connectivity index (χ0v) is 11.7. The molecule has 1 heterocycles. The summed E-state index contributed by atoms with van der Waals surface area (Å²) in [5.41, 5.74) is 3.48. The van der Waals surface area contributed by atoms with Gasteiger partial charge in [0.05, 0.1) is 5.69 Å². The number of nitrogens with zero attached hydrogens (tertiary/aromatic N) is 1. The van der Waals surface area contributed by atoms with Crippen molar-refractivity contribution in [3.63, 3.8) is 0 Å². The standard InChI is InChI=1S/C16H20N2O/c1-4-17-11-14-6-5-7-16(18-14)19-15-9-8-12(2)13(3)10-15/h5-10,17H,4,11H2,1-3H3. The van der Waals surface area contributed by atoms with Gasteiger partial charge < -0.3 is 10.1 Å². The van der Waals surface area contributed by atoms with E-state index in [-0.39, 0.29) is 0 Å². The van der Waals surface area contributed by atoms with Crippen LogP contribution in [0.25, 0.3) is 0 Å². The summed E-state index contributed by atoms with van der Waals surface area (Å²) >= 11 is 0. The number of benzene rings is 1. The Labute approximate surface area is 114 Å². The fraction of sp³-hybridized carbons (Fsp3) is 0.312. The minimum atomic E-state index is 0.638. The number of nitrogens with one attached hydrogen (secondary N) is 1. The Kier molecular flexibility index (Phi) is 4.53. The molecule has 3 heteroatoms.